The van der Waals surface area contributed by atoms with Crippen molar-refractivity contribution in [3.8, 4) is 0 Å². The van der Waals surface area contributed by atoms with E-state index in [0.717, 1.165) is 12.8 Å². The number of piperidine rings is 1. The van der Waals surface area contributed by atoms with Crippen molar-refractivity contribution in [3.05, 3.63) is 0 Å². The number of imide groups is 1. The first-order valence-electron chi connectivity index (χ1n) is 5.85. The first-order valence-corrected chi connectivity index (χ1v) is 5.85. The van der Waals surface area contributed by atoms with Crippen LogP contribution in [0.1, 0.15) is 38.5 Å². The van der Waals surface area contributed by atoms with Crippen LogP contribution in [-0.4, -0.2) is 34.8 Å². The molecule has 0 aliphatic carbocycles. The Kier molecular flexibility index (Phi) is 2.06. The normalized spacial score (nSPS) is 40.3. The van der Waals surface area contributed by atoms with Crippen LogP contribution in [0.2, 0.25) is 0 Å². The number of nitrogens with one attached hydrogen (secondary N) is 1. The minimum absolute atomic E-state index is 0.0475. The lowest BCUT2D eigenvalue weighted by Gasteiger charge is -2.34. The van der Waals surface area contributed by atoms with Crippen molar-refractivity contribution < 1.29 is 9.59 Å². The molecule has 15 heavy (non-hydrogen) atoms. The van der Waals surface area contributed by atoms with Gasteiger partial charge in [-0.1, -0.05) is 0 Å². The Morgan fingerprint density at radius 3 is 2.07 bits per heavy atom. The number of carbonyl (C=O) groups is 2. The predicted octanol–water partition coefficient (Wildman–Crippen LogP) is 0.418. The van der Waals surface area contributed by atoms with Gasteiger partial charge in [-0.05, 0) is 25.7 Å². The van der Waals surface area contributed by atoms with Gasteiger partial charge in [0, 0.05) is 31.0 Å². The van der Waals surface area contributed by atoms with Gasteiger partial charge in [0.15, 0.2) is 0 Å². The molecule has 0 aromatic rings. The number of rotatable bonds is 1. The molecule has 0 spiro atoms. The van der Waals surface area contributed by atoms with Gasteiger partial charge in [0.05, 0.1) is 0 Å². The van der Waals surface area contributed by atoms with E-state index in [2.05, 4.69) is 5.32 Å². The molecular weight excluding hydrogens is 192 g/mol. The Bertz CT molecular complexity index is 288. The predicted molar refractivity (Wildman–Crippen MR) is 54.1 cm³/mol. The first-order chi connectivity index (χ1) is 7.24. The maximum atomic E-state index is 11.6. The van der Waals surface area contributed by atoms with Gasteiger partial charge in [0.1, 0.15) is 0 Å². The summed E-state index contributed by atoms with van der Waals surface area (Å²) in [5, 5.41) is 3.52. The van der Waals surface area contributed by atoms with Crippen LogP contribution >= 0.6 is 0 Å². The largest absolute Gasteiger partial charge is 0.311 e. The first kappa shape index (κ1) is 9.33. The zero-order valence-electron chi connectivity index (χ0n) is 8.74. The van der Waals surface area contributed by atoms with E-state index in [-0.39, 0.29) is 17.9 Å². The SMILES string of the molecule is O=C1CCC(=O)N1C1C[C@H]2CC[C@@H](C1)N2. The van der Waals surface area contributed by atoms with Crippen molar-refractivity contribution in [1.82, 2.24) is 10.2 Å². The highest BCUT2D eigenvalue weighted by molar-refractivity contribution is 6.02. The lowest BCUT2D eigenvalue weighted by atomic mass is 9.98. The second-order valence-electron chi connectivity index (χ2n) is 4.92. The van der Waals surface area contributed by atoms with E-state index >= 15 is 0 Å². The van der Waals surface area contributed by atoms with Gasteiger partial charge >= 0.3 is 0 Å². The zero-order valence-corrected chi connectivity index (χ0v) is 8.74. The third kappa shape index (κ3) is 1.47. The molecule has 1 unspecified atom stereocenters. The highest BCUT2D eigenvalue weighted by atomic mass is 16.2. The van der Waals surface area contributed by atoms with E-state index in [0.29, 0.717) is 24.9 Å². The van der Waals surface area contributed by atoms with Crippen LogP contribution in [0.5, 0.6) is 0 Å². The molecule has 2 bridgehead atoms. The van der Waals surface area contributed by atoms with Crippen molar-refractivity contribution in [2.24, 2.45) is 0 Å². The van der Waals surface area contributed by atoms with Gasteiger partial charge < -0.3 is 5.32 Å². The minimum Gasteiger partial charge on any atom is -0.311 e. The zero-order chi connectivity index (χ0) is 10.4. The summed E-state index contributed by atoms with van der Waals surface area (Å²) in [6, 6.07) is 1.26. The van der Waals surface area contributed by atoms with Crippen LogP contribution < -0.4 is 5.32 Å². The molecule has 3 rings (SSSR count). The Balaban J connectivity index is 1.77. The summed E-state index contributed by atoms with van der Waals surface area (Å²) in [6.45, 7) is 0. The summed E-state index contributed by atoms with van der Waals surface area (Å²) >= 11 is 0. The number of nitrogens with zero attached hydrogens (tertiary/aromatic N) is 1. The van der Waals surface area contributed by atoms with E-state index < -0.39 is 0 Å². The standard InChI is InChI=1S/C11H16N2O2/c14-10-3-4-11(15)13(10)9-5-7-1-2-8(6-9)12-7/h7-9,12H,1-6H2/t7-,8+,9?. The Morgan fingerprint density at radius 1 is 1.00 bits per heavy atom. The van der Waals surface area contributed by atoms with E-state index in [9.17, 15) is 9.59 Å². The fraction of sp³-hybridized carbons (Fsp3) is 0.818. The fourth-order valence-corrected chi connectivity index (χ4v) is 3.24. The molecule has 2 amide bonds. The lowest BCUT2D eigenvalue weighted by molar-refractivity contribution is -0.141. The molecule has 4 nitrogen and oxygen atoms in total. The van der Waals surface area contributed by atoms with Gasteiger partial charge in [-0.2, -0.15) is 0 Å². The summed E-state index contributed by atoms with van der Waals surface area (Å²) in [5.74, 6) is 0.0950. The second kappa shape index (κ2) is 3.30. The van der Waals surface area contributed by atoms with Crippen molar-refractivity contribution in [3.63, 3.8) is 0 Å². The average Bonchev–Trinajstić information content (AvgIpc) is 2.71. The minimum atomic E-state index is 0.0475. The molecule has 3 aliphatic heterocycles. The maximum absolute atomic E-state index is 11.6. The number of hydrogen-bond donors (Lipinski definition) is 1. The van der Waals surface area contributed by atoms with E-state index in [1.165, 1.54) is 12.8 Å². The molecule has 3 atom stereocenters. The third-order valence-electron chi connectivity index (χ3n) is 3.90. The molecule has 0 saturated carbocycles. The van der Waals surface area contributed by atoms with E-state index in [1.54, 1.807) is 4.90 Å². The lowest BCUT2D eigenvalue weighted by Crippen LogP contribution is -2.49. The van der Waals surface area contributed by atoms with Crippen molar-refractivity contribution in [2.45, 2.75) is 56.7 Å². The number of carbonyl (C=O) groups excluding carboxylic acids is 2. The molecule has 0 aromatic carbocycles. The summed E-state index contributed by atoms with van der Waals surface area (Å²) in [6.07, 6.45) is 5.20. The van der Waals surface area contributed by atoms with Crippen LogP contribution in [0.15, 0.2) is 0 Å². The number of amides is 2. The number of hydrogen-bond acceptors (Lipinski definition) is 3. The summed E-state index contributed by atoms with van der Waals surface area (Å²) in [7, 11) is 0. The van der Waals surface area contributed by atoms with Crippen LogP contribution in [0, 0.1) is 0 Å². The number of fused-ring (bicyclic) bond motifs is 2. The molecular formula is C11H16N2O2. The third-order valence-corrected chi connectivity index (χ3v) is 3.90. The molecule has 0 aromatic heterocycles. The van der Waals surface area contributed by atoms with Gasteiger partial charge in [-0.3, -0.25) is 14.5 Å². The van der Waals surface area contributed by atoms with Crippen LogP contribution in [-0.2, 0) is 9.59 Å². The molecule has 1 N–H and O–H groups in total. The summed E-state index contributed by atoms with van der Waals surface area (Å²) in [5.41, 5.74) is 0. The maximum Gasteiger partial charge on any atom is 0.229 e. The van der Waals surface area contributed by atoms with E-state index in [1.807, 2.05) is 0 Å². The quantitative estimate of drug-likeness (QED) is 0.635. The molecule has 3 saturated heterocycles. The van der Waals surface area contributed by atoms with Crippen LogP contribution in [0.4, 0.5) is 0 Å². The number of likely N-dealkylation sites (tertiary alicyclic amines) is 1. The van der Waals surface area contributed by atoms with Gasteiger partial charge in [-0.25, -0.2) is 0 Å². The monoisotopic (exact) mass is 208 g/mol. The van der Waals surface area contributed by atoms with Crippen molar-refractivity contribution in [1.29, 1.82) is 0 Å². The van der Waals surface area contributed by atoms with Crippen LogP contribution in [0.25, 0.3) is 0 Å². The Morgan fingerprint density at radius 2 is 1.53 bits per heavy atom. The highest BCUT2D eigenvalue weighted by Gasteiger charge is 2.41. The van der Waals surface area contributed by atoms with E-state index in [4.69, 9.17) is 0 Å². The summed E-state index contributed by atoms with van der Waals surface area (Å²) in [4.78, 5) is 24.8. The smallest absolute Gasteiger partial charge is 0.229 e. The Labute approximate surface area is 89.0 Å². The second-order valence-corrected chi connectivity index (χ2v) is 4.92. The van der Waals surface area contributed by atoms with Crippen LogP contribution in [0.3, 0.4) is 0 Å². The Hall–Kier alpha value is -0.900. The van der Waals surface area contributed by atoms with Crippen molar-refractivity contribution in [2.75, 3.05) is 0 Å². The van der Waals surface area contributed by atoms with Gasteiger partial charge in [0.2, 0.25) is 11.8 Å². The average molecular weight is 208 g/mol. The molecule has 0 radical (unpaired) electrons. The molecule has 3 heterocycles. The van der Waals surface area contributed by atoms with Gasteiger partial charge in [-0.15, -0.1) is 0 Å². The van der Waals surface area contributed by atoms with Gasteiger partial charge in [0.25, 0.3) is 0 Å². The molecule has 3 aliphatic rings. The fourth-order valence-electron chi connectivity index (χ4n) is 3.24. The summed E-state index contributed by atoms with van der Waals surface area (Å²) < 4.78 is 0. The van der Waals surface area contributed by atoms with Crippen molar-refractivity contribution >= 4 is 11.8 Å². The molecule has 82 valence electrons. The highest BCUT2D eigenvalue weighted by Crippen LogP contribution is 2.31. The molecule has 3 fully saturated rings. The molecule has 4 heteroatoms. The topological polar surface area (TPSA) is 49.4 Å².